The number of aryl methyl sites for hydroxylation is 2. The number of carbonyl (C=O) groups excluding carboxylic acids is 1. The third kappa shape index (κ3) is 4.07. The lowest BCUT2D eigenvalue weighted by Gasteiger charge is -2.36. The van der Waals surface area contributed by atoms with Crippen molar-refractivity contribution in [2.75, 3.05) is 6.54 Å². The van der Waals surface area contributed by atoms with Crippen molar-refractivity contribution in [3.8, 4) is 0 Å². The molecule has 0 unspecified atom stereocenters. The number of aromatic nitrogens is 4. The van der Waals surface area contributed by atoms with E-state index in [9.17, 15) is 14.4 Å². The maximum atomic E-state index is 12.8. The van der Waals surface area contributed by atoms with Crippen LogP contribution in [0.3, 0.4) is 0 Å². The summed E-state index contributed by atoms with van der Waals surface area (Å²) in [4.78, 5) is 42.7. The Labute approximate surface area is 144 Å². The monoisotopic (exact) mass is 345 g/mol. The maximum Gasteiger partial charge on any atom is 0.325 e. The topological polar surface area (TPSA) is 104 Å². The largest absolute Gasteiger partial charge is 0.339 e. The standard InChI is InChI=1S/C17H23N5O3/c1-12-14(16(24)20-17(25)19-12)11-15(23)22-9-3-2-5-13(22)6-10-21-8-4-7-18-21/h4,7-8,13H,2-3,5-6,9-11H2,1H3,(H2,19,20,24,25)/t13-/m0/s1. The van der Waals surface area contributed by atoms with Gasteiger partial charge in [0.05, 0.1) is 6.42 Å². The number of hydrogen-bond acceptors (Lipinski definition) is 4. The lowest BCUT2D eigenvalue weighted by atomic mass is 9.98. The Kier molecular flexibility index (Phi) is 5.16. The van der Waals surface area contributed by atoms with Crippen LogP contribution >= 0.6 is 0 Å². The number of likely N-dealkylation sites (tertiary alicyclic amines) is 1. The van der Waals surface area contributed by atoms with Crippen LogP contribution in [0.5, 0.6) is 0 Å². The van der Waals surface area contributed by atoms with Crippen LogP contribution < -0.4 is 11.2 Å². The molecule has 2 N–H and O–H groups in total. The molecule has 0 radical (unpaired) electrons. The zero-order valence-corrected chi connectivity index (χ0v) is 14.3. The van der Waals surface area contributed by atoms with Crippen molar-refractivity contribution in [2.24, 2.45) is 0 Å². The Morgan fingerprint density at radius 1 is 1.32 bits per heavy atom. The van der Waals surface area contributed by atoms with E-state index in [0.29, 0.717) is 17.8 Å². The summed E-state index contributed by atoms with van der Waals surface area (Å²) in [5.41, 5.74) is -0.248. The number of amides is 1. The van der Waals surface area contributed by atoms with Gasteiger partial charge in [0.2, 0.25) is 5.91 Å². The average Bonchev–Trinajstić information content (AvgIpc) is 3.10. The number of H-pyrrole nitrogens is 2. The number of piperidine rings is 1. The van der Waals surface area contributed by atoms with Crippen LogP contribution in [0.4, 0.5) is 0 Å². The highest BCUT2D eigenvalue weighted by molar-refractivity contribution is 5.79. The van der Waals surface area contributed by atoms with Crippen LogP contribution in [0.25, 0.3) is 0 Å². The number of aromatic amines is 2. The second-order valence-electron chi connectivity index (χ2n) is 6.48. The molecule has 0 aliphatic carbocycles. The molecule has 1 saturated heterocycles. The van der Waals surface area contributed by atoms with Gasteiger partial charge < -0.3 is 9.88 Å². The lowest BCUT2D eigenvalue weighted by Crippen LogP contribution is -2.45. The summed E-state index contributed by atoms with van der Waals surface area (Å²) in [7, 11) is 0. The van der Waals surface area contributed by atoms with E-state index in [1.54, 1.807) is 13.1 Å². The van der Waals surface area contributed by atoms with Gasteiger partial charge in [0.1, 0.15) is 0 Å². The Hall–Kier alpha value is -2.64. The van der Waals surface area contributed by atoms with E-state index < -0.39 is 11.2 Å². The fourth-order valence-electron chi connectivity index (χ4n) is 3.43. The molecule has 8 nitrogen and oxygen atoms in total. The molecule has 1 aliphatic rings. The molecule has 0 spiro atoms. The molecule has 25 heavy (non-hydrogen) atoms. The first kappa shape index (κ1) is 17.2. The first-order valence-corrected chi connectivity index (χ1v) is 8.63. The third-order valence-electron chi connectivity index (χ3n) is 4.78. The molecule has 1 fully saturated rings. The van der Waals surface area contributed by atoms with E-state index >= 15 is 0 Å². The van der Waals surface area contributed by atoms with E-state index in [1.807, 2.05) is 21.8 Å². The van der Waals surface area contributed by atoms with Gasteiger partial charge in [-0.05, 0) is 38.7 Å². The van der Waals surface area contributed by atoms with E-state index in [4.69, 9.17) is 0 Å². The molecule has 2 aromatic rings. The summed E-state index contributed by atoms with van der Waals surface area (Å²) in [5.74, 6) is -0.0641. The van der Waals surface area contributed by atoms with Crippen LogP contribution in [-0.4, -0.2) is 43.1 Å². The quantitative estimate of drug-likeness (QED) is 0.827. The Morgan fingerprint density at radius 3 is 2.88 bits per heavy atom. The summed E-state index contributed by atoms with van der Waals surface area (Å²) >= 11 is 0. The van der Waals surface area contributed by atoms with E-state index in [0.717, 1.165) is 32.2 Å². The van der Waals surface area contributed by atoms with Crippen LogP contribution in [0.1, 0.15) is 36.9 Å². The Bertz CT molecular complexity index is 837. The molecule has 1 aliphatic heterocycles. The minimum absolute atomic E-state index is 0.0101. The summed E-state index contributed by atoms with van der Waals surface area (Å²) in [6.45, 7) is 3.12. The zero-order chi connectivity index (χ0) is 17.8. The fourth-order valence-corrected chi connectivity index (χ4v) is 3.43. The smallest absolute Gasteiger partial charge is 0.325 e. The minimum atomic E-state index is -0.547. The number of hydrogen-bond donors (Lipinski definition) is 2. The van der Waals surface area contributed by atoms with Crippen molar-refractivity contribution in [3.05, 3.63) is 50.6 Å². The zero-order valence-electron chi connectivity index (χ0n) is 14.3. The summed E-state index contributed by atoms with van der Waals surface area (Å²) < 4.78 is 1.87. The van der Waals surface area contributed by atoms with Gasteiger partial charge in [-0.25, -0.2) is 4.79 Å². The number of nitrogens with zero attached hydrogens (tertiary/aromatic N) is 3. The highest BCUT2D eigenvalue weighted by atomic mass is 16.2. The van der Waals surface area contributed by atoms with Gasteiger partial charge in [-0.2, -0.15) is 5.10 Å². The van der Waals surface area contributed by atoms with Crippen LogP contribution in [0.15, 0.2) is 28.0 Å². The van der Waals surface area contributed by atoms with Gasteiger partial charge in [0.25, 0.3) is 5.56 Å². The van der Waals surface area contributed by atoms with Gasteiger partial charge >= 0.3 is 5.69 Å². The summed E-state index contributed by atoms with van der Waals surface area (Å²) in [5, 5.41) is 4.20. The highest BCUT2D eigenvalue weighted by Crippen LogP contribution is 2.21. The van der Waals surface area contributed by atoms with Crippen molar-refractivity contribution in [3.63, 3.8) is 0 Å². The lowest BCUT2D eigenvalue weighted by molar-refractivity contribution is -0.134. The molecule has 3 rings (SSSR count). The second kappa shape index (κ2) is 7.50. The molecule has 1 amide bonds. The van der Waals surface area contributed by atoms with Crippen LogP contribution in [-0.2, 0) is 17.8 Å². The summed E-state index contributed by atoms with van der Waals surface area (Å²) in [6, 6.07) is 2.04. The normalized spacial score (nSPS) is 17.6. The van der Waals surface area contributed by atoms with E-state index in [2.05, 4.69) is 15.1 Å². The molecule has 0 aromatic carbocycles. The molecule has 0 bridgehead atoms. The van der Waals surface area contributed by atoms with Crippen LogP contribution in [0, 0.1) is 6.92 Å². The first-order valence-electron chi connectivity index (χ1n) is 8.63. The van der Waals surface area contributed by atoms with Crippen molar-refractivity contribution in [1.29, 1.82) is 0 Å². The third-order valence-corrected chi connectivity index (χ3v) is 4.78. The van der Waals surface area contributed by atoms with Crippen molar-refractivity contribution in [1.82, 2.24) is 24.6 Å². The molecular weight excluding hydrogens is 322 g/mol. The Morgan fingerprint density at radius 2 is 2.16 bits per heavy atom. The SMILES string of the molecule is Cc1[nH]c(=O)[nH]c(=O)c1CC(=O)N1CCCC[C@H]1CCn1cccn1. The Balaban J connectivity index is 1.70. The average molecular weight is 345 g/mol. The molecular formula is C17H23N5O3. The highest BCUT2D eigenvalue weighted by Gasteiger charge is 2.27. The molecule has 1 atom stereocenters. The van der Waals surface area contributed by atoms with Crippen molar-refractivity contribution < 1.29 is 4.79 Å². The second-order valence-corrected chi connectivity index (χ2v) is 6.48. The number of nitrogens with one attached hydrogen (secondary N) is 2. The van der Waals surface area contributed by atoms with Gasteiger partial charge in [0, 0.05) is 42.8 Å². The molecule has 0 saturated carbocycles. The van der Waals surface area contributed by atoms with Gasteiger partial charge in [0.15, 0.2) is 0 Å². The predicted octanol–water partition coefficient (Wildman–Crippen LogP) is 0.582. The first-order chi connectivity index (χ1) is 12.0. The number of carbonyl (C=O) groups is 1. The fraction of sp³-hybridized carbons (Fsp3) is 0.529. The van der Waals surface area contributed by atoms with Gasteiger partial charge in [-0.15, -0.1) is 0 Å². The molecule has 134 valence electrons. The molecule has 8 heteroatoms. The van der Waals surface area contributed by atoms with E-state index in [1.165, 1.54) is 0 Å². The maximum absolute atomic E-state index is 12.8. The molecule has 3 heterocycles. The van der Waals surface area contributed by atoms with Crippen molar-refractivity contribution in [2.45, 2.75) is 51.6 Å². The minimum Gasteiger partial charge on any atom is -0.339 e. The van der Waals surface area contributed by atoms with Crippen molar-refractivity contribution >= 4 is 5.91 Å². The summed E-state index contributed by atoms with van der Waals surface area (Å²) in [6.07, 6.45) is 7.56. The van der Waals surface area contributed by atoms with Gasteiger partial charge in [-0.1, -0.05) is 0 Å². The predicted molar refractivity (Wildman–Crippen MR) is 92.3 cm³/mol. The van der Waals surface area contributed by atoms with Gasteiger partial charge in [-0.3, -0.25) is 19.3 Å². The molecule has 2 aromatic heterocycles. The van der Waals surface area contributed by atoms with Crippen LogP contribution in [0.2, 0.25) is 0 Å². The number of rotatable bonds is 5. The van der Waals surface area contributed by atoms with E-state index in [-0.39, 0.29) is 18.4 Å².